The van der Waals surface area contributed by atoms with Gasteiger partial charge in [0, 0.05) is 80.8 Å². The van der Waals surface area contributed by atoms with Crippen molar-refractivity contribution in [2.45, 2.75) is 0 Å². The van der Waals surface area contributed by atoms with Gasteiger partial charge in [0.2, 0.25) is 5.88 Å². The average Bonchev–Trinajstić information content (AvgIpc) is 2.73. The molecule has 2 N–H and O–H groups in total. The van der Waals surface area contributed by atoms with Crippen molar-refractivity contribution in [3.05, 3.63) is 42.6 Å². The number of ether oxygens (including phenoxy) is 1. The zero-order valence-electron chi connectivity index (χ0n) is 17.8. The van der Waals surface area contributed by atoms with Gasteiger partial charge in [-0.15, -0.1) is 0 Å². The molecule has 0 saturated carbocycles. The van der Waals surface area contributed by atoms with Gasteiger partial charge in [0.1, 0.15) is 6.61 Å². The van der Waals surface area contributed by atoms with Gasteiger partial charge < -0.3 is 25.0 Å². The highest BCUT2D eigenvalue weighted by molar-refractivity contribution is 5.96. The van der Waals surface area contributed by atoms with Gasteiger partial charge in [-0.25, -0.2) is 9.97 Å². The molecule has 1 aliphatic rings. The van der Waals surface area contributed by atoms with Gasteiger partial charge in [0.25, 0.3) is 0 Å². The summed E-state index contributed by atoms with van der Waals surface area (Å²) in [6.45, 7) is 3.31. The Bertz CT molecular complexity index is 1000. The predicted octanol–water partition coefficient (Wildman–Crippen LogP) is 2.39. The van der Waals surface area contributed by atoms with E-state index in [1.807, 2.05) is 39.5 Å². The summed E-state index contributed by atoms with van der Waals surface area (Å²) in [5.41, 5.74) is 5.06. The SMILES string of the molecule is CNCCOc1ccc(-c2cc(N3CC(CO)C3)c3ccc(N(C)C)cc3n2)cn1. The average molecular weight is 408 g/mol. The highest BCUT2D eigenvalue weighted by Crippen LogP contribution is 2.36. The van der Waals surface area contributed by atoms with Crippen LogP contribution in [0, 0.1) is 5.92 Å². The first-order chi connectivity index (χ1) is 14.6. The Morgan fingerprint density at radius 2 is 2.03 bits per heavy atom. The number of hydrogen-bond acceptors (Lipinski definition) is 7. The Kier molecular flexibility index (Phi) is 6.01. The standard InChI is InChI=1S/C23H29N5O2/c1-24-8-9-30-23-7-4-17(12-25-23)20-11-22(28-13-16(14-28)15-29)19-6-5-18(27(2)3)10-21(19)26-20/h4-7,10-12,16,24,29H,8-9,13-15H2,1-3H3. The fraction of sp³-hybridized carbons (Fsp3) is 0.391. The number of likely N-dealkylation sites (N-methyl/N-ethyl adjacent to an activating group) is 1. The number of anilines is 2. The molecule has 3 heterocycles. The number of aromatic nitrogens is 2. The van der Waals surface area contributed by atoms with Crippen molar-refractivity contribution >= 4 is 22.3 Å². The Morgan fingerprint density at radius 1 is 1.20 bits per heavy atom. The molecule has 2 aromatic heterocycles. The number of hydrogen-bond donors (Lipinski definition) is 2. The van der Waals surface area contributed by atoms with Crippen LogP contribution < -0.4 is 19.9 Å². The first-order valence-electron chi connectivity index (χ1n) is 10.3. The Balaban J connectivity index is 1.70. The number of nitrogens with zero attached hydrogens (tertiary/aromatic N) is 4. The van der Waals surface area contributed by atoms with Gasteiger partial charge in [-0.1, -0.05) is 0 Å². The van der Waals surface area contributed by atoms with Gasteiger partial charge in [-0.05, 0) is 37.4 Å². The van der Waals surface area contributed by atoms with E-state index in [-0.39, 0.29) is 6.61 Å². The summed E-state index contributed by atoms with van der Waals surface area (Å²) in [5, 5.41) is 13.6. The van der Waals surface area contributed by atoms with Crippen molar-refractivity contribution < 1.29 is 9.84 Å². The first-order valence-corrected chi connectivity index (χ1v) is 10.3. The summed E-state index contributed by atoms with van der Waals surface area (Å²) in [6.07, 6.45) is 1.81. The van der Waals surface area contributed by atoms with Crippen LogP contribution >= 0.6 is 0 Å². The van der Waals surface area contributed by atoms with E-state index in [9.17, 15) is 5.11 Å². The molecule has 0 unspecified atom stereocenters. The maximum Gasteiger partial charge on any atom is 0.213 e. The topological polar surface area (TPSA) is 73.8 Å². The molecule has 1 fully saturated rings. The van der Waals surface area contributed by atoms with Gasteiger partial charge in [-0.3, -0.25) is 0 Å². The largest absolute Gasteiger partial charge is 0.476 e. The van der Waals surface area contributed by atoms with Gasteiger partial charge >= 0.3 is 0 Å². The van der Waals surface area contributed by atoms with Crippen LogP contribution in [0.1, 0.15) is 0 Å². The summed E-state index contributed by atoms with van der Waals surface area (Å²) in [7, 11) is 5.96. The lowest BCUT2D eigenvalue weighted by atomic mass is 9.98. The summed E-state index contributed by atoms with van der Waals surface area (Å²) < 4.78 is 5.63. The Labute approximate surface area is 177 Å². The summed E-state index contributed by atoms with van der Waals surface area (Å²) in [4.78, 5) is 13.8. The number of pyridine rings is 2. The molecule has 7 heteroatoms. The quantitative estimate of drug-likeness (QED) is 0.556. The lowest BCUT2D eigenvalue weighted by Crippen LogP contribution is -2.48. The first kappa shape index (κ1) is 20.4. The zero-order valence-corrected chi connectivity index (χ0v) is 17.8. The lowest BCUT2D eigenvalue weighted by molar-refractivity contribution is 0.201. The molecule has 4 rings (SSSR count). The van der Waals surface area contributed by atoms with Gasteiger partial charge in [0.05, 0.1) is 11.2 Å². The summed E-state index contributed by atoms with van der Waals surface area (Å²) in [5.74, 6) is 0.951. The second-order valence-corrected chi connectivity index (χ2v) is 7.91. The van der Waals surface area contributed by atoms with Crippen LogP contribution in [0.4, 0.5) is 11.4 Å². The minimum Gasteiger partial charge on any atom is -0.476 e. The Hall–Kier alpha value is -2.90. The third-order valence-corrected chi connectivity index (χ3v) is 5.48. The Morgan fingerprint density at radius 3 is 2.70 bits per heavy atom. The van der Waals surface area contributed by atoms with Crippen molar-refractivity contribution in [3.8, 4) is 17.1 Å². The van der Waals surface area contributed by atoms with Gasteiger partial charge in [0.15, 0.2) is 0 Å². The van der Waals surface area contributed by atoms with E-state index in [4.69, 9.17) is 9.72 Å². The van der Waals surface area contributed by atoms with Gasteiger partial charge in [-0.2, -0.15) is 0 Å². The minimum atomic E-state index is 0.232. The predicted molar refractivity (Wildman–Crippen MR) is 122 cm³/mol. The van der Waals surface area contributed by atoms with E-state index in [2.05, 4.69) is 44.4 Å². The summed E-state index contributed by atoms with van der Waals surface area (Å²) >= 11 is 0. The van der Waals surface area contributed by atoms with Crippen LogP contribution in [0.25, 0.3) is 22.2 Å². The maximum atomic E-state index is 9.43. The molecule has 1 aliphatic heterocycles. The molecule has 7 nitrogen and oxygen atoms in total. The van der Waals surface area contributed by atoms with E-state index in [1.54, 1.807) is 0 Å². The molecule has 158 valence electrons. The normalized spacial score (nSPS) is 14.1. The second kappa shape index (κ2) is 8.85. The van der Waals surface area contributed by atoms with Crippen molar-refractivity contribution in [1.29, 1.82) is 0 Å². The van der Waals surface area contributed by atoms with Crippen LogP contribution in [0.5, 0.6) is 5.88 Å². The molecule has 0 atom stereocenters. The van der Waals surface area contributed by atoms with Crippen LogP contribution in [0.2, 0.25) is 0 Å². The lowest BCUT2D eigenvalue weighted by Gasteiger charge is -2.40. The van der Waals surface area contributed by atoms with Crippen molar-refractivity contribution in [2.24, 2.45) is 5.92 Å². The second-order valence-electron chi connectivity index (χ2n) is 7.91. The van der Waals surface area contributed by atoms with Crippen molar-refractivity contribution in [2.75, 3.05) is 63.8 Å². The number of aliphatic hydroxyl groups excluding tert-OH is 1. The molecule has 30 heavy (non-hydrogen) atoms. The molecule has 1 saturated heterocycles. The third kappa shape index (κ3) is 4.17. The third-order valence-electron chi connectivity index (χ3n) is 5.48. The molecular weight excluding hydrogens is 378 g/mol. The van der Waals surface area contributed by atoms with Crippen LogP contribution in [0.3, 0.4) is 0 Å². The molecule has 1 aromatic carbocycles. The monoisotopic (exact) mass is 407 g/mol. The number of benzene rings is 1. The molecule has 3 aromatic rings. The highest BCUT2D eigenvalue weighted by atomic mass is 16.5. The van der Waals surface area contributed by atoms with Crippen molar-refractivity contribution in [3.63, 3.8) is 0 Å². The minimum absolute atomic E-state index is 0.232. The molecule has 0 aliphatic carbocycles. The highest BCUT2D eigenvalue weighted by Gasteiger charge is 2.28. The van der Waals surface area contributed by atoms with Crippen LogP contribution in [-0.2, 0) is 0 Å². The number of nitrogens with one attached hydrogen (secondary N) is 1. The maximum absolute atomic E-state index is 9.43. The number of aliphatic hydroxyl groups is 1. The summed E-state index contributed by atoms with van der Waals surface area (Å²) in [6, 6.07) is 12.4. The van der Waals surface area contributed by atoms with E-state index in [1.165, 1.54) is 0 Å². The van der Waals surface area contributed by atoms with E-state index < -0.39 is 0 Å². The smallest absolute Gasteiger partial charge is 0.213 e. The van der Waals surface area contributed by atoms with E-state index in [0.717, 1.165) is 53.2 Å². The van der Waals surface area contributed by atoms with Crippen LogP contribution in [0.15, 0.2) is 42.6 Å². The molecule has 0 amide bonds. The van der Waals surface area contributed by atoms with Crippen LogP contribution in [-0.4, -0.2) is 69.1 Å². The van der Waals surface area contributed by atoms with Crippen molar-refractivity contribution in [1.82, 2.24) is 15.3 Å². The molecule has 0 bridgehead atoms. The molecular formula is C23H29N5O2. The zero-order chi connectivity index (χ0) is 21.1. The number of fused-ring (bicyclic) bond motifs is 1. The molecule has 0 spiro atoms. The fourth-order valence-corrected chi connectivity index (χ4v) is 3.64. The molecule has 0 radical (unpaired) electrons. The number of rotatable bonds is 8. The van der Waals surface area contributed by atoms with E-state index in [0.29, 0.717) is 18.4 Å². The fourth-order valence-electron chi connectivity index (χ4n) is 3.64. The van der Waals surface area contributed by atoms with E-state index >= 15 is 0 Å².